The summed E-state index contributed by atoms with van der Waals surface area (Å²) >= 11 is 6.38. The number of rotatable bonds is 3. The monoisotopic (exact) mass is 337 g/mol. The summed E-state index contributed by atoms with van der Waals surface area (Å²) < 4.78 is 13.5. The lowest BCUT2D eigenvalue weighted by molar-refractivity contribution is 0.0943. The third-order valence-corrected chi connectivity index (χ3v) is 3.16. The first-order valence-electron chi connectivity index (χ1n) is 4.36. The van der Waals surface area contributed by atoms with E-state index in [0.29, 0.717) is 15.4 Å². The molecule has 1 aromatic rings. The molecule has 82 valence electrons. The summed E-state index contributed by atoms with van der Waals surface area (Å²) in [6.45, 7) is 1.86. The van der Waals surface area contributed by atoms with Gasteiger partial charge in [0.1, 0.15) is 5.82 Å². The summed E-state index contributed by atoms with van der Waals surface area (Å²) in [4.78, 5) is 11.6. The molecule has 1 unspecified atom stereocenters. The van der Waals surface area contributed by atoms with Crippen LogP contribution in [-0.4, -0.2) is 17.3 Å². The standard InChI is InChI=1S/C10H10Br2FNO/c1-6(5-11)14-10(15)7-2-8(12)4-9(13)3-7/h2-4,6H,5H2,1H3,(H,14,15). The Bertz CT molecular complexity index is 350. The summed E-state index contributed by atoms with van der Waals surface area (Å²) in [6, 6.07) is 4.12. The van der Waals surface area contributed by atoms with Crippen molar-refractivity contribution in [1.29, 1.82) is 0 Å². The first kappa shape index (κ1) is 12.6. The molecular formula is C10H10Br2FNO. The second-order valence-corrected chi connectivity index (χ2v) is 4.75. The molecule has 0 radical (unpaired) electrons. The van der Waals surface area contributed by atoms with Gasteiger partial charge < -0.3 is 5.32 Å². The average Bonchev–Trinajstić information content (AvgIpc) is 2.16. The van der Waals surface area contributed by atoms with Crippen molar-refractivity contribution >= 4 is 37.8 Å². The van der Waals surface area contributed by atoms with Gasteiger partial charge in [-0.3, -0.25) is 4.79 Å². The van der Waals surface area contributed by atoms with Crippen molar-refractivity contribution in [1.82, 2.24) is 5.32 Å². The van der Waals surface area contributed by atoms with Gasteiger partial charge in [0, 0.05) is 21.4 Å². The van der Waals surface area contributed by atoms with Crippen LogP contribution < -0.4 is 5.32 Å². The maximum Gasteiger partial charge on any atom is 0.251 e. The number of hydrogen-bond acceptors (Lipinski definition) is 1. The molecule has 1 N–H and O–H groups in total. The smallest absolute Gasteiger partial charge is 0.251 e. The number of carbonyl (C=O) groups excluding carboxylic acids is 1. The zero-order valence-corrected chi connectivity index (χ0v) is 11.2. The van der Waals surface area contributed by atoms with Crippen molar-refractivity contribution in [3.63, 3.8) is 0 Å². The van der Waals surface area contributed by atoms with Crippen molar-refractivity contribution in [2.75, 3.05) is 5.33 Å². The summed E-state index contributed by atoms with van der Waals surface area (Å²) in [5.74, 6) is -0.705. The highest BCUT2D eigenvalue weighted by atomic mass is 79.9. The minimum Gasteiger partial charge on any atom is -0.349 e. The predicted molar refractivity (Wildman–Crippen MR) is 64.8 cm³/mol. The Morgan fingerprint density at radius 1 is 1.53 bits per heavy atom. The lowest BCUT2D eigenvalue weighted by Crippen LogP contribution is -2.33. The molecule has 1 rings (SSSR count). The molecule has 0 aromatic heterocycles. The van der Waals surface area contributed by atoms with Gasteiger partial charge in [-0.2, -0.15) is 0 Å². The van der Waals surface area contributed by atoms with Crippen LogP contribution in [0.5, 0.6) is 0 Å². The largest absolute Gasteiger partial charge is 0.349 e. The molecular weight excluding hydrogens is 329 g/mol. The van der Waals surface area contributed by atoms with Crippen LogP contribution in [0.25, 0.3) is 0 Å². The molecule has 5 heteroatoms. The van der Waals surface area contributed by atoms with Gasteiger partial charge in [-0.15, -0.1) is 0 Å². The number of hydrogen-bond donors (Lipinski definition) is 1. The Balaban J connectivity index is 2.82. The van der Waals surface area contributed by atoms with Crippen LogP contribution in [0.15, 0.2) is 22.7 Å². The zero-order valence-electron chi connectivity index (χ0n) is 8.06. The maximum absolute atomic E-state index is 13.0. The van der Waals surface area contributed by atoms with E-state index in [4.69, 9.17) is 0 Å². The molecule has 15 heavy (non-hydrogen) atoms. The molecule has 1 aromatic carbocycles. The number of amides is 1. The second-order valence-electron chi connectivity index (χ2n) is 3.19. The fourth-order valence-corrected chi connectivity index (χ4v) is 1.66. The summed E-state index contributed by atoms with van der Waals surface area (Å²) in [6.07, 6.45) is 0. The molecule has 2 nitrogen and oxygen atoms in total. The van der Waals surface area contributed by atoms with Gasteiger partial charge in [0.25, 0.3) is 5.91 Å². The molecule has 0 aliphatic heterocycles. The summed E-state index contributed by atoms with van der Waals surface area (Å²) in [7, 11) is 0. The highest BCUT2D eigenvalue weighted by Gasteiger charge is 2.10. The van der Waals surface area contributed by atoms with Crippen LogP contribution in [0.1, 0.15) is 17.3 Å². The normalized spacial score (nSPS) is 12.3. The van der Waals surface area contributed by atoms with Crippen LogP contribution in [-0.2, 0) is 0 Å². The van der Waals surface area contributed by atoms with E-state index in [1.165, 1.54) is 12.1 Å². The Morgan fingerprint density at radius 3 is 2.73 bits per heavy atom. The highest BCUT2D eigenvalue weighted by molar-refractivity contribution is 9.10. The molecule has 0 aliphatic carbocycles. The lowest BCUT2D eigenvalue weighted by Gasteiger charge is -2.10. The first-order valence-corrected chi connectivity index (χ1v) is 6.27. The molecule has 1 atom stereocenters. The molecule has 1 amide bonds. The van der Waals surface area contributed by atoms with E-state index in [1.807, 2.05) is 6.92 Å². The van der Waals surface area contributed by atoms with Crippen LogP contribution in [0.4, 0.5) is 4.39 Å². The SMILES string of the molecule is CC(CBr)NC(=O)c1cc(F)cc(Br)c1. The van der Waals surface area contributed by atoms with E-state index >= 15 is 0 Å². The Kier molecular flexibility index (Phi) is 4.73. The molecule has 0 bridgehead atoms. The third kappa shape index (κ3) is 3.91. The molecule has 0 spiro atoms. The summed E-state index contributed by atoms with van der Waals surface area (Å²) in [5.41, 5.74) is 0.315. The average molecular weight is 339 g/mol. The Morgan fingerprint density at radius 2 is 2.20 bits per heavy atom. The van der Waals surface area contributed by atoms with Crippen molar-refractivity contribution in [3.05, 3.63) is 34.1 Å². The van der Waals surface area contributed by atoms with Gasteiger partial charge in [-0.05, 0) is 25.1 Å². The maximum atomic E-state index is 13.0. The number of halogens is 3. The van der Waals surface area contributed by atoms with Gasteiger partial charge >= 0.3 is 0 Å². The third-order valence-electron chi connectivity index (χ3n) is 1.73. The quantitative estimate of drug-likeness (QED) is 0.843. The Labute approximate surface area is 105 Å². The summed E-state index contributed by atoms with van der Waals surface area (Å²) in [5, 5.41) is 3.39. The van der Waals surface area contributed by atoms with E-state index in [0.717, 1.165) is 0 Å². The molecule has 0 fully saturated rings. The lowest BCUT2D eigenvalue weighted by atomic mass is 10.2. The fourth-order valence-electron chi connectivity index (χ4n) is 1.03. The van der Waals surface area contributed by atoms with E-state index in [1.54, 1.807) is 6.07 Å². The van der Waals surface area contributed by atoms with Gasteiger partial charge in [0.05, 0.1) is 0 Å². The van der Waals surface area contributed by atoms with Crippen LogP contribution >= 0.6 is 31.9 Å². The fraction of sp³-hybridized carbons (Fsp3) is 0.300. The number of alkyl halides is 1. The second kappa shape index (κ2) is 5.61. The van der Waals surface area contributed by atoms with Gasteiger partial charge in [0.15, 0.2) is 0 Å². The van der Waals surface area contributed by atoms with E-state index in [9.17, 15) is 9.18 Å². The Hall–Kier alpha value is -0.420. The predicted octanol–water partition coefficient (Wildman–Crippen LogP) is 3.10. The molecule has 0 saturated heterocycles. The van der Waals surface area contributed by atoms with Crippen molar-refractivity contribution in [2.45, 2.75) is 13.0 Å². The topological polar surface area (TPSA) is 29.1 Å². The number of benzene rings is 1. The first-order chi connectivity index (χ1) is 7.02. The molecule has 0 saturated carbocycles. The van der Waals surface area contributed by atoms with Crippen molar-refractivity contribution < 1.29 is 9.18 Å². The van der Waals surface area contributed by atoms with Gasteiger partial charge in [0.2, 0.25) is 0 Å². The molecule has 0 aliphatic rings. The van der Waals surface area contributed by atoms with E-state index in [-0.39, 0.29) is 11.9 Å². The molecule has 0 heterocycles. The van der Waals surface area contributed by atoms with Crippen molar-refractivity contribution in [3.8, 4) is 0 Å². The number of carbonyl (C=O) groups is 1. The minimum absolute atomic E-state index is 0.0135. The van der Waals surface area contributed by atoms with Crippen LogP contribution in [0.3, 0.4) is 0 Å². The minimum atomic E-state index is -0.430. The zero-order chi connectivity index (χ0) is 11.4. The van der Waals surface area contributed by atoms with E-state index in [2.05, 4.69) is 37.2 Å². The van der Waals surface area contributed by atoms with Gasteiger partial charge in [-0.25, -0.2) is 4.39 Å². The highest BCUT2D eigenvalue weighted by Crippen LogP contribution is 2.14. The van der Waals surface area contributed by atoms with E-state index < -0.39 is 5.82 Å². The van der Waals surface area contributed by atoms with Crippen LogP contribution in [0.2, 0.25) is 0 Å². The van der Waals surface area contributed by atoms with Crippen LogP contribution in [0, 0.1) is 5.82 Å². The van der Waals surface area contributed by atoms with Gasteiger partial charge in [-0.1, -0.05) is 31.9 Å². The van der Waals surface area contributed by atoms with Crippen molar-refractivity contribution in [2.24, 2.45) is 0 Å². The number of nitrogens with one attached hydrogen (secondary N) is 1.